The molecule has 25 heavy (non-hydrogen) atoms. The second kappa shape index (κ2) is 18.1. The van der Waals surface area contributed by atoms with Gasteiger partial charge in [0.15, 0.2) is 0 Å². The van der Waals surface area contributed by atoms with Crippen LogP contribution in [0, 0.1) is 0 Å². The van der Waals surface area contributed by atoms with Gasteiger partial charge in [0.25, 0.3) is 0 Å². The Morgan fingerprint density at radius 1 is 0.680 bits per heavy atom. The zero-order valence-corrected chi connectivity index (χ0v) is 13.8. The topological polar surface area (TPSA) is 253 Å². The summed E-state index contributed by atoms with van der Waals surface area (Å²) in [6.07, 6.45) is 4.57. The molecule has 0 saturated heterocycles. The van der Waals surface area contributed by atoms with Crippen LogP contribution >= 0.6 is 0 Å². The molecule has 0 aliphatic carbocycles. The molecule has 0 spiro atoms. The SMILES string of the molecule is NCC(N)C(=O)O.NCCCCCCC(N)C(=O)O.O=C(O)C(=O)O. The van der Waals surface area contributed by atoms with Gasteiger partial charge in [0, 0.05) is 6.54 Å². The molecular formula is C13H28N4O8. The van der Waals surface area contributed by atoms with Gasteiger partial charge in [0.05, 0.1) is 0 Å². The lowest BCUT2D eigenvalue weighted by atomic mass is 10.1. The predicted octanol–water partition coefficient (Wildman–Crippen LogP) is -2.18. The van der Waals surface area contributed by atoms with Gasteiger partial charge in [-0.25, -0.2) is 9.59 Å². The Bertz CT molecular complexity index is 393. The van der Waals surface area contributed by atoms with Crippen LogP contribution in [0.1, 0.15) is 32.1 Å². The van der Waals surface area contributed by atoms with E-state index in [1.165, 1.54) is 0 Å². The molecule has 0 aromatic carbocycles. The summed E-state index contributed by atoms with van der Waals surface area (Å²) < 4.78 is 0. The largest absolute Gasteiger partial charge is 0.480 e. The molecule has 0 rings (SSSR count). The molecule has 2 unspecified atom stereocenters. The molecule has 0 bridgehead atoms. The van der Waals surface area contributed by atoms with Crippen molar-refractivity contribution in [3.05, 3.63) is 0 Å². The van der Waals surface area contributed by atoms with Gasteiger partial charge in [-0.15, -0.1) is 0 Å². The van der Waals surface area contributed by atoms with E-state index in [-0.39, 0.29) is 6.54 Å². The first-order valence-corrected chi connectivity index (χ1v) is 7.34. The van der Waals surface area contributed by atoms with Crippen molar-refractivity contribution < 1.29 is 39.6 Å². The highest BCUT2D eigenvalue weighted by molar-refractivity contribution is 6.27. The van der Waals surface area contributed by atoms with Crippen LogP contribution in [0.5, 0.6) is 0 Å². The molecule has 0 heterocycles. The summed E-state index contributed by atoms with van der Waals surface area (Å²) in [5, 5.41) is 31.2. The van der Waals surface area contributed by atoms with E-state index in [0.29, 0.717) is 13.0 Å². The summed E-state index contributed by atoms with van der Waals surface area (Å²) in [7, 11) is 0. The summed E-state index contributed by atoms with van der Waals surface area (Å²) in [4.78, 5) is 38.2. The maximum atomic E-state index is 10.3. The quantitative estimate of drug-likeness (QED) is 0.160. The summed E-state index contributed by atoms with van der Waals surface area (Å²) in [5.74, 6) is -5.61. The second-order valence-corrected chi connectivity index (χ2v) is 4.73. The molecule has 0 aliphatic rings. The Kier molecular flexibility index (Phi) is 19.9. The number of carbonyl (C=O) groups is 4. The van der Waals surface area contributed by atoms with E-state index in [1.54, 1.807) is 0 Å². The van der Waals surface area contributed by atoms with Crippen molar-refractivity contribution >= 4 is 23.9 Å². The minimum atomic E-state index is -1.82. The summed E-state index contributed by atoms with van der Waals surface area (Å²) in [6, 6.07) is -1.59. The number of carboxylic acid groups (broad SMARTS) is 4. The van der Waals surface area contributed by atoms with Crippen molar-refractivity contribution in [3.8, 4) is 0 Å². The fraction of sp³-hybridized carbons (Fsp3) is 0.692. The van der Waals surface area contributed by atoms with E-state index in [2.05, 4.69) is 0 Å². The molecule has 12 heteroatoms. The number of unbranched alkanes of at least 4 members (excludes halogenated alkanes) is 3. The van der Waals surface area contributed by atoms with Crippen LogP contribution < -0.4 is 22.9 Å². The van der Waals surface area contributed by atoms with Gasteiger partial charge in [0.1, 0.15) is 12.1 Å². The first kappa shape index (κ1) is 27.6. The monoisotopic (exact) mass is 368 g/mol. The predicted molar refractivity (Wildman–Crippen MR) is 87.7 cm³/mol. The van der Waals surface area contributed by atoms with E-state index in [9.17, 15) is 9.59 Å². The van der Waals surface area contributed by atoms with Crippen molar-refractivity contribution in [2.24, 2.45) is 22.9 Å². The number of rotatable bonds is 9. The second-order valence-electron chi connectivity index (χ2n) is 4.73. The van der Waals surface area contributed by atoms with Crippen molar-refractivity contribution in [2.45, 2.75) is 44.2 Å². The van der Waals surface area contributed by atoms with Gasteiger partial charge >= 0.3 is 23.9 Å². The molecule has 0 fully saturated rings. The Morgan fingerprint density at radius 3 is 1.32 bits per heavy atom. The highest BCUT2D eigenvalue weighted by atomic mass is 16.4. The molecule has 0 aromatic rings. The number of nitrogens with two attached hydrogens (primary N) is 4. The fourth-order valence-corrected chi connectivity index (χ4v) is 1.09. The summed E-state index contributed by atoms with van der Waals surface area (Å²) >= 11 is 0. The lowest BCUT2D eigenvalue weighted by Gasteiger charge is -2.04. The molecule has 0 aliphatic heterocycles. The van der Waals surface area contributed by atoms with Gasteiger partial charge in [-0.05, 0) is 19.4 Å². The molecule has 0 amide bonds. The van der Waals surface area contributed by atoms with Crippen molar-refractivity contribution in [1.82, 2.24) is 0 Å². The molecular weight excluding hydrogens is 340 g/mol. The average molecular weight is 368 g/mol. The van der Waals surface area contributed by atoms with E-state index in [0.717, 1.165) is 25.7 Å². The third-order valence-corrected chi connectivity index (χ3v) is 2.54. The van der Waals surface area contributed by atoms with Gasteiger partial charge in [-0.2, -0.15) is 0 Å². The highest BCUT2D eigenvalue weighted by Gasteiger charge is 2.09. The Labute approximate surface area is 144 Å². The van der Waals surface area contributed by atoms with Crippen LogP contribution in [-0.4, -0.2) is 69.5 Å². The van der Waals surface area contributed by atoms with Crippen LogP contribution in [0.15, 0.2) is 0 Å². The van der Waals surface area contributed by atoms with Crippen LogP contribution in [0.4, 0.5) is 0 Å². The Morgan fingerprint density at radius 2 is 1.08 bits per heavy atom. The highest BCUT2D eigenvalue weighted by Crippen LogP contribution is 2.03. The maximum absolute atomic E-state index is 10.3. The maximum Gasteiger partial charge on any atom is 0.414 e. The Balaban J connectivity index is -0.000000317. The minimum Gasteiger partial charge on any atom is -0.480 e. The van der Waals surface area contributed by atoms with Gasteiger partial charge in [0.2, 0.25) is 0 Å². The minimum absolute atomic E-state index is 0.00463. The molecule has 0 radical (unpaired) electrons. The third-order valence-electron chi connectivity index (χ3n) is 2.54. The third kappa shape index (κ3) is 24.1. The fourth-order valence-electron chi connectivity index (χ4n) is 1.09. The first-order valence-electron chi connectivity index (χ1n) is 7.34. The summed E-state index contributed by atoms with van der Waals surface area (Å²) in [5.41, 5.74) is 20.4. The van der Waals surface area contributed by atoms with E-state index >= 15 is 0 Å². The standard InChI is InChI=1S/C8H18N2O2.C3H8N2O2.C2H2O4/c9-6-4-2-1-3-5-7(10)8(11)12;4-1-2(5)3(6)7;3-1(4)2(5)6/h7H,1-6,9-10H2,(H,11,12);2H,1,4-5H2,(H,6,7);(H,3,4)(H,5,6). The van der Waals surface area contributed by atoms with Crippen molar-refractivity contribution in [3.63, 3.8) is 0 Å². The lowest BCUT2D eigenvalue weighted by Crippen LogP contribution is -2.37. The number of hydrogen-bond acceptors (Lipinski definition) is 8. The smallest absolute Gasteiger partial charge is 0.414 e. The zero-order valence-electron chi connectivity index (χ0n) is 13.8. The molecule has 0 aromatic heterocycles. The van der Waals surface area contributed by atoms with Gasteiger partial charge < -0.3 is 43.4 Å². The Hall–Kier alpha value is -2.28. The summed E-state index contributed by atoms with van der Waals surface area (Å²) in [6.45, 7) is 0.709. The van der Waals surface area contributed by atoms with Crippen LogP contribution in [0.2, 0.25) is 0 Å². The number of hydrogen-bond donors (Lipinski definition) is 8. The molecule has 12 N–H and O–H groups in total. The lowest BCUT2D eigenvalue weighted by molar-refractivity contribution is -0.159. The van der Waals surface area contributed by atoms with Crippen LogP contribution in [0.25, 0.3) is 0 Å². The molecule has 148 valence electrons. The van der Waals surface area contributed by atoms with Gasteiger partial charge in [-0.1, -0.05) is 19.3 Å². The molecule has 0 saturated carbocycles. The number of aliphatic carboxylic acids is 4. The number of carboxylic acids is 4. The van der Waals surface area contributed by atoms with E-state index in [1.807, 2.05) is 0 Å². The van der Waals surface area contributed by atoms with Crippen LogP contribution in [0.3, 0.4) is 0 Å². The van der Waals surface area contributed by atoms with Crippen LogP contribution in [-0.2, 0) is 19.2 Å². The molecule has 2 atom stereocenters. The molecule has 12 nitrogen and oxygen atoms in total. The first-order chi connectivity index (χ1) is 11.5. The van der Waals surface area contributed by atoms with Crippen molar-refractivity contribution in [1.29, 1.82) is 0 Å². The van der Waals surface area contributed by atoms with E-state index < -0.39 is 36.0 Å². The van der Waals surface area contributed by atoms with Gasteiger partial charge in [-0.3, -0.25) is 9.59 Å². The average Bonchev–Trinajstić information content (AvgIpc) is 2.54. The van der Waals surface area contributed by atoms with E-state index in [4.69, 9.17) is 52.9 Å². The van der Waals surface area contributed by atoms with Crippen molar-refractivity contribution in [2.75, 3.05) is 13.1 Å². The zero-order chi connectivity index (χ0) is 20.4. The normalized spacial score (nSPS) is 11.7.